The van der Waals surface area contributed by atoms with E-state index in [1.807, 2.05) is 18.7 Å². The molecule has 19 heavy (non-hydrogen) atoms. The van der Waals surface area contributed by atoms with Crippen molar-refractivity contribution >= 4 is 5.96 Å². The van der Waals surface area contributed by atoms with Crippen LogP contribution >= 0.6 is 0 Å². The highest BCUT2D eigenvalue weighted by Gasteiger charge is 2.33. The summed E-state index contributed by atoms with van der Waals surface area (Å²) in [6, 6.07) is 5.22. The van der Waals surface area contributed by atoms with Gasteiger partial charge in [0.25, 0.3) is 0 Å². The van der Waals surface area contributed by atoms with Crippen molar-refractivity contribution in [2.75, 3.05) is 6.54 Å². The largest absolute Gasteiger partial charge is 0.416 e. The number of rotatable bonds is 2. The fourth-order valence-corrected chi connectivity index (χ4v) is 2.32. The summed E-state index contributed by atoms with van der Waals surface area (Å²) in [6.45, 7) is 4.27. The third-order valence-electron chi connectivity index (χ3n) is 3.18. The predicted molar refractivity (Wildman–Crippen MR) is 67.6 cm³/mol. The third-order valence-corrected chi connectivity index (χ3v) is 3.18. The second-order valence-electron chi connectivity index (χ2n) is 4.84. The number of nitrogens with zero attached hydrogens (tertiary/aromatic N) is 2. The highest BCUT2D eigenvalue weighted by molar-refractivity contribution is 5.80. The van der Waals surface area contributed by atoms with E-state index in [9.17, 15) is 13.2 Å². The third kappa shape index (κ3) is 2.67. The molecule has 1 aliphatic rings. The second kappa shape index (κ2) is 4.75. The Morgan fingerprint density at radius 3 is 2.63 bits per heavy atom. The van der Waals surface area contributed by atoms with Crippen LogP contribution in [-0.4, -0.2) is 23.4 Å². The van der Waals surface area contributed by atoms with Crippen molar-refractivity contribution in [3.05, 3.63) is 35.4 Å². The summed E-state index contributed by atoms with van der Waals surface area (Å²) in [7, 11) is 0. The number of alkyl halides is 3. The van der Waals surface area contributed by atoms with E-state index in [2.05, 4.69) is 4.99 Å². The Morgan fingerprint density at radius 2 is 2.05 bits per heavy atom. The molecule has 1 aromatic carbocycles. The van der Waals surface area contributed by atoms with E-state index >= 15 is 0 Å². The van der Waals surface area contributed by atoms with Crippen LogP contribution in [0.3, 0.4) is 0 Å². The number of benzene rings is 1. The predicted octanol–water partition coefficient (Wildman–Crippen LogP) is 2.79. The Hall–Kier alpha value is -1.72. The maximum absolute atomic E-state index is 12.7. The molecule has 6 heteroatoms. The smallest absolute Gasteiger partial charge is 0.370 e. The molecule has 0 aromatic heterocycles. The molecule has 0 fully saturated rings. The van der Waals surface area contributed by atoms with Crippen LogP contribution in [0.4, 0.5) is 13.2 Å². The van der Waals surface area contributed by atoms with Crippen LogP contribution < -0.4 is 5.73 Å². The number of nitrogens with two attached hydrogens (primary N) is 1. The summed E-state index contributed by atoms with van der Waals surface area (Å²) in [4.78, 5) is 5.97. The fraction of sp³-hybridized carbons (Fsp3) is 0.462. The van der Waals surface area contributed by atoms with Gasteiger partial charge < -0.3 is 10.6 Å². The number of hydrogen-bond acceptors (Lipinski definition) is 3. The standard InChI is InChI=1S/C13H16F3N3/c1-8(2)19-11(7-18-12(19)17)9-4-3-5-10(6-9)13(14,15)16/h3-6,8,11H,7H2,1-2H3,(H2,17,18). The summed E-state index contributed by atoms with van der Waals surface area (Å²) >= 11 is 0. The van der Waals surface area contributed by atoms with Gasteiger partial charge in [-0.3, -0.25) is 4.99 Å². The molecule has 0 amide bonds. The molecule has 1 heterocycles. The van der Waals surface area contributed by atoms with Crippen LogP contribution in [0.5, 0.6) is 0 Å². The van der Waals surface area contributed by atoms with E-state index in [1.54, 1.807) is 6.07 Å². The van der Waals surface area contributed by atoms with E-state index in [0.29, 0.717) is 18.1 Å². The summed E-state index contributed by atoms with van der Waals surface area (Å²) in [5.41, 5.74) is 5.74. The fourth-order valence-electron chi connectivity index (χ4n) is 2.32. The van der Waals surface area contributed by atoms with Crippen LogP contribution in [0.1, 0.15) is 31.0 Å². The van der Waals surface area contributed by atoms with E-state index < -0.39 is 11.7 Å². The average molecular weight is 271 g/mol. The van der Waals surface area contributed by atoms with Crippen molar-refractivity contribution in [1.29, 1.82) is 0 Å². The molecule has 1 aromatic rings. The molecule has 0 bridgehead atoms. The first kappa shape index (κ1) is 13.7. The molecule has 0 radical (unpaired) electrons. The van der Waals surface area contributed by atoms with Crippen LogP contribution in [-0.2, 0) is 6.18 Å². The molecular formula is C13H16F3N3. The first-order valence-corrected chi connectivity index (χ1v) is 6.06. The first-order valence-electron chi connectivity index (χ1n) is 6.06. The minimum atomic E-state index is -4.33. The van der Waals surface area contributed by atoms with Crippen LogP contribution in [0.25, 0.3) is 0 Å². The van der Waals surface area contributed by atoms with Crippen LogP contribution in [0.15, 0.2) is 29.3 Å². The number of guanidine groups is 1. The van der Waals surface area contributed by atoms with Gasteiger partial charge in [0.15, 0.2) is 5.96 Å². The zero-order valence-electron chi connectivity index (χ0n) is 10.8. The number of halogens is 3. The van der Waals surface area contributed by atoms with Gasteiger partial charge in [0.05, 0.1) is 18.2 Å². The lowest BCUT2D eigenvalue weighted by Gasteiger charge is -2.30. The Kier molecular flexibility index (Phi) is 3.43. The first-order chi connectivity index (χ1) is 8.80. The Morgan fingerprint density at radius 1 is 1.37 bits per heavy atom. The molecule has 1 unspecified atom stereocenters. The molecule has 0 spiro atoms. The van der Waals surface area contributed by atoms with Gasteiger partial charge in [-0.15, -0.1) is 0 Å². The van der Waals surface area contributed by atoms with Crippen molar-refractivity contribution < 1.29 is 13.2 Å². The zero-order chi connectivity index (χ0) is 14.2. The van der Waals surface area contributed by atoms with Gasteiger partial charge in [0, 0.05) is 6.04 Å². The van der Waals surface area contributed by atoms with Gasteiger partial charge in [-0.05, 0) is 31.5 Å². The minimum absolute atomic E-state index is 0.0887. The second-order valence-corrected chi connectivity index (χ2v) is 4.84. The molecule has 104 valence electrons. The van der Waals surface area contributed by atoms with E-state index in [0.717, 1.165) is 6.07 Å². The monoisotopic (exact) mass is 271 g/mol. The Labute approximate surface area is 109 Å². The van der Waals surface area contributed by atoms with Gasteiger partial charge in [-0.2, -0.15) is 13.2 Å². The molecule has 0 saturated carbocycles. The maximum atomic E-state index is 12.7. The lowest BCUT2D eigenvalue weighted by molar-refractivity contribution is -0.137. The molecule has 0 aliphatic carbocycles. The summed E-state index contributed by atoms with van der Waals surface area (Å²) in [5, 5.41) is 0. The van der Waals surface area contributed by atoms with E-state index in [1.165, 1.54) is 12.1 Å². The lowest BCUT2D eigenvalue weighted by Crippen LogP contribution is -2.41. The van der Waals surface area contributed by atoms with Crippen molar-refractivity contribution in [1.82, 2.24) is 4.90 Å². The van der Waals surface area contributed by atoms with Crippen molar-refractivity contribution in [2.24, 2.45) is 10.7 Å². The van der Waals surface area contributed by atoms with E-state index in [4.69, 9.17) is 5.73 Å². The van der Waals surface area contributed by atoms with Gasteiger partial charge >= 0.3 is 6.18 Å². The SMILES string of the molecule is CC(C)N1C(N)=NCC1c1cccc(C(F)(F)F)c1. The molecule has 2 rings (SSSR count). The molecule has 1 aliphatic heterocycles. The highest BCUT2D eigenvalue weighted by Crippen LogP contribution is 2.33. The Balaban J connectivity index is 2.33. The van der Waals surface area contributed by atoms with Crippen molar-refractivity contribution in [2.45, 2.75) is 32.1 Å². The van der Waals surface area contributed by atoms with E-state index in [-0.39, 0.29) is 12.1 Å². The van der Waals surface area contributed by atoms with Crippen LogP contribution in [0.2, 0.25) is 0 Å². The number of hydrogen-bond donors (Lipinski definition) is 1. The molecule has 0 saturated heterocycles. The quantitative estimate of drug-likeness (QED) is 0.898. The normalized spacial score (nSPS) is 20.0. The van der Waals surface area contributed by atoms with Crippen molar-refractivity contribution in [3.8, 4) is 0 Å². The Bertz CT molecular complexity index is 494. The molecule has 3 nitrogen and oxygen atoms in total. The van der Waals surface area contributed by atoms with Gasteiger partial charge in [0.1, 0.15) is 0 Å². The molecule has 2 N–H and O–H groups in total. The van der Waals surface area contributed by atoms with Gasteiger partial charge in [-0.1, -0.05) is 12.1 Å². The summed E-state index contributed by atoms with van der Waals surface area (Å²) in [6.07, 6.45) is -4.33. The minimum Gasteiger partial charge on any atom is -0.370 e. The maximum Gasteiger partial charge on any atom is 0.416 e. The van der Waals surface area contributed by atoms with Gasteiger partial charge in [-0.25, -0.2) is 0 Å². The lowest BCUT2D eigenvalue weighted by atomic mass is 10.0. The highest BCUT2D eigenvalue weighted by atomic mass is 19.4. The topological polar surface area (TPSA) is 41.6 Å². The molecular weight excluding hydrogens is 255 g/mol. The zero-order valence-corrected chi connectivity index (χ0v) is 10.8. The summed E-state index contributed by atoms with van der Waals surface area (Å²) in [5.74, 6) is 0.386. The average Bonchev–Trinajstić information content (AvgIpc) is 2.70. The van der Waals surface area contributed by atoms with Crippen LogP contribution in [0, 0.1) is 0 Å². The summed E-state index contributed by atoms with van der Waals surface area (Å²) < 4.78 is 38.2. The van der Waals surface area contributed by atoms with Gasteiger partial charge in [0.2, 0.25) is 0 Å². The number of aliphatic imine (C=N–C) groups is 1. The molecule has 1 atom stereocenters. The van der Waals surface area contributed by atoms with Crippen molar-refractivity contribution in [3.63, 3.8) is 0 Å².